The first-order valence-corrected chi connectivity index (χ1v) is 21.8. The molecule has 0 saturated heterocycles. The molecule has 1 aliphatic carbocycles. The molecule has 0 radical (unpaired) electrons. The maximum Gasteiger partial charge on any atom is -0.00928 e. The highest BCUT2D eigenvalue weighted by molar-refractivity contribution is 6.18. The summed E-state index contributed by atoms with van der Waals surface area (Å²) in [6, 6.07) is 83.0. The van der Waals surface area contributed by atoms with Crippen molar-refractivity contribution in [1.29, 1.82) is 0 Å². The minimum absolute atomic E-state index is 0.975. The molecule has 0 aromatic heterocycles. The molecule has 0 amide bonds. The first kappa shape index (κ1) is 36.1. The maximum absolute atomic E-state index is 2.49. The monoisotopic (exact) mass is 786 g/mol. The van der Waals surface area contributed by atoms with Gasteiger partial charge in [0.1, 0.15) is 0 Å². The van der Waals surface area contributed by atoms with E-state index in [4.69, 9.17) is 0 Å². The number of aryl methyl sites for hydroxylation is 1. The Morgan fingerprint density at radius 3 is 1.39 bits per heavy atom. The standard InChI is InChI=1S/C62H42/c1-3-14-45(15-4-1)57-39-62-56-33-31-54(52-29-27-42-13-8-10-19-48(42)36-52)38-60(56)58(46-16-5-2-6-17-46)40-61(62)55-32-30-53(37-59(55)57)44-24-22-43(23-25-44)49-20-11-21-50(34-49)51-28-26-41-12-7-9-18-47(41)35-51/h1-29,31,33-40H,30,32H2. The van der Waals surface area contributed by atoms with E-state index in [-0.39, 0.29) is 0 Å². The van der Waals surface area contributed by atoms with Gasteiger partial charge in [0.15, 0.2) is 0 Å². The molecule has 62 heavy (non-hydrogen) atoms. The smallest absolute Gasteiger partial charge is 0.00928 e. The van der Waals surface area contributed by atoms with Crippen LogP contribution in [0.25, 0.3) is 110 Å². The van der Waals surface area contributed by atoms with Crippen molar-refractivity contribution in [1.82, 2.24) is 0 Å². The average Bonchev–Trinajstić information content (AvgIpc) is 3.35. The van der Waals surface area contributed by atoms with Gasteiger partial charge < -0.3 is 0 Å². The Morgan fingerprint density at radius 2 is 0.726 bits per heavy atom. The summed E-state index contributed by atoms with van der Waals surface area (Å²) in [4.78, 5) is 0. The lowest BCUT2D eigenvalue weighted by Gasteiger charge is -2.24. The van der Waals surface area contributed by atoms with Gasteiger partial charge in [-0.1, -0.05) is 194 Å². The molecule has 11 aromatic carbocycles. The molecular formula is C62H42. The summed E-state index contributed by atoms with van der Waals surface area (Å²) in [5, 5.41) is 10.3. The number of rotatable bonds is 6. The van der Waals surface area contributed by atoms with Gasteiger partial charge in [0, 0.05) is 0 Å². The quantitative estimate of drug-likeness (QED) is 0.147. The summed E-state index contributed by atoms with van der Waals surface area (Å²) in [5.41, 5.74) is 17.9. The highest BCUT2D eigenvalue weighted by Crippen LogP contribution is 2.46. The Morgan fingerprint density at radius 1 is 0.242 bits per heavy atom. The Labute approximate surface area is 362 Å². The van der Waals surface area contributed by atoms with Crippen molar-refractivity contribution in [2.45, 2.75) is 12.8 Å². The van der Waals surface area contributed by atoms with Crippen molar-refractivity contribution in [3.05, 3.63) is 241 Å². The SMILES string of the molecule is C1=C(c2ccc(-c3cccc(-c4ccc5ccccc5c4)c3)cc2)CCc2c1c(-c1ccccc1)cc1c2cc(-c2ccccc2)c2cc(-c3ccc4ccccc4c3)ccc21. The molecule has 0 saturated carbocycles. The molecule has 0 fully saturated rings. The number of benzene rings is 11. The molecule has 0 unspecified atom stereocenters. The lowest BCUT2D eigenvalue weighted by molar-refractivity contribution is 1.01. The fourth-order valence-electron chi connectivity index (χ4n) is 9.94. The van der Waals surface area contributed by atoms with E-state index < -0.39 is 0 Å². The molecule has 1 aliphatic rings. The summed E-state index contributed by atoms with van der Waals surface area (Å²) in [6.45, 7) is 0. The number of allylic oxidation sites excluding steroid dienone is 1. The van der Waals surface area contributed by atoms with Crippen LogP contribution in [0.5, 0.6) is 0 Å². The van der Waals surface area contributed by atoms with Crippen LogP contribution in [0.4, 0.5) is 0 Å². The van der Waals surface area contributed by atoms with Gasteiger partial charge in [-0.15, -0.1) is 0 Å². The molecule has 12 rings (SSSR count). The fourth-order valence-corrected chi connectivity index (χ4v) is 9.94. The molecule has 0 spiro atoms. The third-order valence-electron chi connectivity index (χ3n) is 13.2. The highest BCUT2D eigenvalue weighted by Gasteiger charge is 2.22. The van der Waals surface area contributed by atoms with Crippen LogP contribution in [0.1, 0.15) is 23.1 Å². The first-order valence-electron chi connectivity index (χ1n) is 21.8. The zero-order chi connectivity index (χ0) is 41.0. The van der Waals surface area contributed by atoms with Crippen LogP contribution in [-0.2, 0) is 6.42 Å². The number of hydrogen-bond acceptors (Lipinski definition) is 0. The lowest BCUT2D eigenvalue weighted by atomic mass is 9.80. The van der Waals surface area contributed by atoms with Crippen molar-refractivity contribution in [3.8, 4) is 55.6 Å². The second kappa shape index (κ2) is 15.0. The van der Waals surface area contributed by atoms with Crippen molar-refractivity contribution in [2.24, 2.45) is 0 Å². The summed E-state index contributed by atoms with van der Waals surface area (Å²) in [5.74, 6) is 0. The second-order valence-electron chi connectivity index (χ2n) is 16.8. The Kier molecular flexibility index (Phi) is 8.75. The van der Waals surface area contributed by atoms with E-state index in [1.807, 2.05) is 0 Å². The van der Waals surface area contributed by atoms with E-state index in [1.54, 1.807) is 0 Å². The van der Waals surface area contributed by atoms with Gasteiger partial charge in [0.05, 0.1) is 0 Å². The predicted molar refractivity (Wildman–Crippen MR) is 266 cm³/mol. The van der Waals surface area contributed by atoms with Crippen LogP contribution in [0.3, 0.4) is 0 Å². The largest absolute Gasteiger partial charge is 0.0622 e. The average molecular weight is 787 g/mol. The molecule has 11 aromatic rings. The van der Waals surface area contributed by atoms with Gasteiger partial charge in [-0.05, 0) is 170 Å². The topological polar surface area (TPSA) is 0 Å². The van der Waals surface area contributed by atoms with Crippen LogP contribution in [0.2, 0.25) is 0 Å². The van der Waals surface area contributed by atoms with Gasteiger partial charge >= 0.3 is 0 Å². The van der Waals surface area contributed by atoms with Crippen molar-refractivity contribution in [3.63, 3.8) is 0 Å². The van der Waals surface area contributed by atoms with Gasteiger partial charge in [0.25, 0.3) is 0 Å². The Hall–Kier alpha value is -7.80. The van der Waals surface area contributed by atoms with Crippen molar-refractivity contribution >= 4 is 54.7 Å². The molecule has 0 N–H and O–H groups in total. The van der Waals surface area contributed by atoms with Crippen LogP contribution in [-0.4, -0.2) is 0 Å². The molecule has 290 valence electrons. The van der Waals surface area contributed by atoms with E-state index in [1.165, 1.54) is 121 Å². The van der Waals surface area contributed by atoms with Gasteiger partial charge in [-0.3, -0.25) is 0 Å². The van der Waals surface area contributed by atoms with Crippen LogP contribution < -0.4 is 0 Å². The third-order valence-corrected chi connectivity index (χ3v) is 13.2. The molecular weight excluding hydrogens is 745 g/mol. The summed E-state index contributed by atoms with van der Waals surface area (Å²) >= 11 is 0. The fraction of sp³-hybridized carbons (Fsp3) is 0.0323. The zero-order valence-corrected chi connectivity index (χ0v) is 34.4. The van der Waals surface area contributed by atoms with Gasteiger partial charge in [-0.25, -0.2) is 0 Å². The minimum Gasteiger partial charge on any atom is -0.0622 e. The lowest BCUT2D eigenvalue weighted by Crippen LogP contribution is -2.03. The van der Waals surface area contributed by atoms with Gasteiger partial charge in [0.2, 0.25) is 0 Å². The Balaban J connectivity index is 0.975. The van der Waals surface area contributed by atoms with E-state index in [2.05, 4.69) is 231 Å². The molecule has 0 nitrogen and oxygen atoms in total. The molecule has 0 bridgehead atoms. The predicted octanol–water partition coefficient (Wildman–Crippen LogP) is 17.1. The number of fused-ring (bicyclic) bond motifs is 7. The van der Waals surface area contributed by atoms with Gasteiger partial charge in [-0.2, -0.15) is 0 Å². The molecule has 0 heterocycles. The third kappa shape index (κ3) is 6.40. The van der Waals surface area contributed by atoms with Crippen molar-refractivity contribution < 1.29 is 0 Å². The summed E-state index contributed by atoms with van der Waals surface area (Å²) in [7, 11) is 0. The number of hydrogen-bond donors (Lipinski definition) is 0. The maximum atomic E-state index is 2.49. The van der Waals surface area contributed by atoms with E-state index in [9.17, 15) is 0 Å². The van der Waals surface area contributed by atoms with Crippen LogP contribution in [0.15, 0.2) is 224 Å². The molecule has 0 aliphatic heterocycles. The minimum atomic E-state index is 0.975. The zero-order valence-electron chi connectivity index (χ0n) is 34.4. The highest BCUT2D eigenvalue weighted by atomic mass is 14.3. The summed E-state index contributed by atoms with van der Waals surface area (Å²) < 4.78 is 0. The summed E-state index contributed by atoms with van der Waals surface area (Å²) in [6.07, 6.45) is 4.45. The van der Waals surface area contributed by atoms with E-state index in [0.29, 0.717) is 0 Å². The first-order chi connectivity index (χ1) is 30.7. The normalized spacial score (nSPS) is 12.5. The van der Waals surface area contributed by atoms with Crippen LogP contribution >= 0.6 is 0 Å². The second-order valence-corrected chi connectivity index (χ2v) is 16.8. The van der Waals surface area contributed by atoms with Crippen molar-refractivity contribution in [2.75, 3.05) is 0 Å². The van der Waals surface area contributed by atoms with E-state index >= 15 is 0 Å². The molecule has 0 atom stereocenters. The van der Waals surface area contributed by atoms with Crippen LogP contribution in [0, 0.1) is 0 Å². The van der Waals surface area contributed by atoms with E-state index in [0.717, 1.165) is 12.8 Å². The molecule has 0 heteroatoms. The Bertz CT molecular complexity index is 3540.